The lowest BCUT2D eigenvalue weighted by atomic mass is 10.0. The number of hydrogen-bond donors (Lipinski definition) is 2. The van der Waals surface area contributed by atoms with E-state index in [0.29, 0.717) is 6.42 Å². The SMILES string of the molecule is CCCCCCCCCCCCCCCCCCCCCC(=O)N[C@@H](C(=O)N[C@H](CCC(=O)OCc1ccccc1)C(=O)OCc1ccccc1)C(C)C. The molecular weight excluding hydrogens is 677 g/mol. The molecule has 2 rings (SSSR count). The van der Waals surface area contributed by atoms with Gasteiger partial charge in [-0.2, -0.15) is 0 Å². The highest BCUT2D eigenvalue weighted by atomic mass is 16.5. The predicted octanol–water partition coefficient (Wildman–Crippen LogP) is 10.7. The second kappa shape index (κ2) is 30.6. The van der Waals surface area contributed by atoms with Crippen LogP contribution in [0.2, 0.25) is 0 Å². The van der Waals surface area contributed by atoms with E-state index in [2.05, 4.69) is 17.6 Å². The first kappa shape index (κ1) is 46.5. The molecule has 2 aromatic rings. The van der Waals surface area contributed by atoms with Crippen LogP contribution in [0.3, 0.4) is 0 Å². The summed E-state index contributed by atoms with van der Waals surface area (Å²) < 4.78 is 10.9. The Hall–Kier alpha value is -3.68. The molecule has 8 nitrogen and oxygen atoms in total. The van der Waals surface area contributed by atoms with Gasteiger partial charge in [0, 0.05) is 12.8 Å². The van der Waals surface area contributed by atoms with Gasteiger partial charge < -0.3 is 20.1 Å². The van der Waals surface area contributed by atoms with Crippen LogP contribution in [0.5, 0.6) is 0 Å². The molecule has 2 aromatic carbocycles. The van der Waals surface area contributed by atoms with Crippen molar-refractivity contribution in [1.82, 2.24) is 10.6 Å². The monoisotopic (exact) mass is 749 g/mol. The fourth-order valence-electron chi connectivity index (χ4n) is 6.56. The van der Waals surface area contributed by atoms with Gasteiger partial charge in [0.1, 0.15) is 25.3 Å². The van der Waals surface area contributed by atoms with Crippen LogP contribution in [-0.2, 0) is 41.9 Å². The topological polar surface area (TPSA) is 111 Å². The van der Waals surface area contributed by atoms with Crippen LogP contribution < -0.4 is 10.6 Å². The van der Waals surface area contributed by atoms with E-state index in [1.54, 1.807) is 0 Å². The maximum absolute atomic E-state index is 13.5. The Kier molecular flexibility index (Phi) is 26.4. The van der Waals surface area contributed by atoms with Gasteiger partial charge in [0.05, 0.1) is 0 Å². The number of carbonyl (C=O) groups is 4. The summed E-state index contributed by atoms with van der Waals surface area (Å²) in [6.07, 6.45) is 24.9. The molecule has 0 bridgehead atoms. The van der Waals surface area contributed by atoms with Crippen molar-refractivity contribution in [2.45, 2.75) is 187 Å². The van der Waals surface area contributed by atoms with Gasteiger partial charge in [0.15, 0.2) is 0 Å². The minimum absolute atomic E-state index is 0.00506. The van der Waals surface area contributed by atoms with E-state index < -0.39 is 29.9 Å². The van der Waals surface area contributed by atoms with E-state index in [9.17, 15) is 19.2 Å². The third kappa shape index (κ3) is 23.2. The highest BCUT2D eigenvalue weighted by Gasteiger charge is 2.30. The zero-order chi connectivity index (χ0) is 39.1. The minimum atomic E-state index is -1.08. The number of ether oxygens (including phenoxy) is 2. The fraction of sp³-hybridized carbons (Fsp3) is 0.652. The molecule has 0 aliphatic heterocycles. The van der Waals surface area contributed by atoms with Gasteiger partial charge in [0.25, 0.3) is 0 Å². The van der Waals surface area contributed by atoms with Gasteiger partial charge in [-0.3, -0.25) is 14.4 Å². The van der Waals surface area contributed by atoms with E-state index in [1.165, 1.54) is 103 Å². The molecule has 54 heavy (non-hydrogen) atoms. The van der Waals surface area contributed by atoms with Gasteiger partial charge in [-0.1, -0.05) is 197 Å². The summed E-state index contributed by atoms with van der Waals surface area (Å²) in [6.45, 7) is 6.14. The van der Waals surface area contributed by atoms with Crippen molar-refractivity contribution in [3.63, 3.8) is 0 Å². The first-order chi connectivity index (χ1) is 26.3. The number of hydrogen-bond acceptors (Lipinski definition) is 6. The highest BCUT2D eigenvalue weighted by Crippen LogP contribution is 2.16. The summed E-state index contributed by atoms with van der Waals surface area (Å²) in [5.74, 6) is -2.00. The highest BCUT2D eigenvalue weighted by molar-refractivity contribution is 5.91. The van der Waals surface area contributed by atoms with Crippen LogP contribution in [0.4, 0.5) is 0 Å². The van der Waals surface area contributed by atoms with E-state index >= 15 is 0 Å². The summed E-state index contributed by atoms with van der Waals surface area (Å²) in [5.41, 5.74) is 1.66. The standard InChI is InChI=1S/C46H72N2O6/c1-4-5-6-7-8-9-10-11-12-13-14-15-16-17-18-19-20-21-28-33-42(49)48-44(38(2)3)45(51)47-41(46(52)54-37-40-31-26-23-27-32-40)34-35-43(50)53-36-39-29-24-22-25-30-39/h22-27,29-32,38,41,44H,4-21,28,33-37H2,1-3H3,(H,47,51)(H,48,49)/t41-,44-/m1/s1. The maximum Gasteiger partial charge on any atom is 0.328 e. The summed E-state index contributed by atoms with van der Waals surface area (Å²) in [7, 11) is 0. The minimum Gasteiger partial charge on any atom is -0.461 e. The fourth-order valence-corrected chi connectivity index (χ4v) is 6.56. The number of benzene rings is 2. The quantitative estimate of drug-likeness (QED) is 0.0569. The Balaban J connectivity index is 1.66. The molecule has 2 atom stereocenters. The van der Waals surface area contributed by atoms with E-state index in [4.69, 9.17) is 9.47 Å². The van der Waals surface area contributed by atoms with Crippen LogP contribution in [0.25, 0.3) is 0 Å². The Morgan fingerprint density at radius 2 is 0.963 bits per heavy atom. The first-order valence-electron chi connectivity index (χ1n) is 21.3. The molecule has 0 fully saturated rings. The Morgan fingerprint density at radius 1 is 0.537 bits per heavy atom. The number of unbranched alkanes of at least 4 members (excludes halogenated alkanes) is 18. The molecule has 0 unspecified atom stereocenters. The van der Waals surface area contributed by atoms with Crippen LogP contribution in [-0.4, -0.2) is 35.8 Å². The van der Waals surface area contributed by atoms with E-state index in [0.717, 1.165) is 30.4 Å². The average molecular weight is 749 g/mol. The lowest BCUT2D eigenvalue weighted by Crippen LogP contribution is -2.54. The first-order valence-corrected chi connectivity index (χ1v) is 21.3. The molecule has 0 aliphatic carbocycles. The van der Waals surface area contributed by atoms with Crippen molar-refractivity contribution >= 4 is 23.8 Å². The maximum atomic E-state index is 13.5. The van der Waals surface area contributed by atoms with Crippen LogP contribution in [0.1, 0.15) is 173 Å². The Labute approximate surface area is 327 Å². The van der Waals surface area contributed by atoms with Crippen molar-refractivity contribution in [3.05, 3.63) is 71.8 Å². The third-order valence-corrected chi connectivity index (χ3v) is 9.98. The zero-order valence-electron chi connectivity index (χ0n) is 33.9. The van der Waals surface area contributed by atoms with Gasteiger partial charge in [0.2, 0.25) is 11.8 Å². The molecule has 302 valence electrons. The summed E-state index contributed by atoms with van der Waals surface area (Å²) in [4.78, 5) is 52.1. The van der Waals surface area contributed by atoms with Gasteiger partial charge >= 0.3 is 11.9 Å². The third-order valence-electron chi connectivity index (χ3n) is 9.98. The second-order valence-electron chi connectivity index (χ2n) is 15.2. The van der Waals surface area contributed by atoms with Gasteiger partial charge in [-0.15, -0.1) is 0 Å². The largest absolute Gasteiger partial charge is 0.461 e. The summed E-state index contributed by atoms with van der Waals surface area (Å²) >= 11 is 0. The normalized spacial score (nSPS) is 12.2. The van der Waals surface area contributed by atoms with Gasteiger partial charge in [-0.05, 0) is 29.9 Å². The Bertz CT molecular complexity index is 1270. The van der Waals surface area contributed by atoms with Crippen molar-refractivity contribution in [2.24, 2.45) is 5.92 Å². The second-order valence-corrected chi connectivity index (χ2v) is 15.2. The molecule has 0 aliphatic rings. The number of carbonyl (C=O) groups excluding carboxylic acids is 4. The van der Waals surface area contributed by atoms with E-state index in [1.807, 2.05) is 74.5 Å². The van der Waals surface area contributed by atoms with Crippen LogP contribution in [0.15, 0.2) is 60.7 Å². The molecule has 0 radical (unpaired) electrons. The lowest BCUT2D eigenvalue weighted by Gasteiger charge is -2.25. The average Bonchev–Trinajstić information content (AvgIpc) is 3.18. The van der Waals surface area contributed by atoms with Crippen LogP contribution in [0, 0.1) is 5.92 Å². The molecule has 0 saturated carbocycles. The molecule has 0 spiro atoms. The smallest absolute Gasteiger partial charge is 0.328 e. The van der Waals surface area contributed by atoms with Gasteiger partial charge in [-0.25, -0.2) is 4.79 Å². The summed E-state index contributed by atoms with van der Waals surface area (Å²) in [5, 5.41) is 5.65. The molecular formula is C46H72N2O6. The number of amides is 2. The summed E-state index contributed by atoms with van der Waals surface area (Å²) in [6, 6.07) is 16.7. The number of rotatable bonds is 32. The van der Waals surface area contributed by atoms with Crippen molar-refractivity contribution < 1.29 is 28.7 Å². The molecule has 0 aromatic heterocycles. The molecule has 2 N–H and O–H groups in total. The van der Waals surface area contributed by atoms with Crippen molar-refractivity contribution in [3.8, 4) is 0 Å². The van der Waals surface area contributed by atoms with Crippen molar-refractivity contribution in [2.75, 3.05) is 0 Å². The van der Waals surface area contributed by atoms with Crippen molar-refractivity contribution in [1.29, 1.82) is 0 Å². The number of esters is 2. The molecule has 0 heterocycles. The van der Waals surface area contributed by atoms with E-state index in [-0.39, 0.29) is 37.9 Å². The zero-order valence-corrected chi connectivity index (χ0v) is 33.9. The number of nitrogens with one attached hydrogen (secondary N) is 2. The molecule has 2 amide bonds. The molecule has 0 saturated heterocycles. The lowest BCUT2D eigenvalue weighted by molar-refractivity contribution is -0.151. The van der Waals surface area contributed by atoms with Crippen LogP contribution >= 0.6 is 0 Å². The Morgan fingerprint density at radius 3 is 1.41 bits per heavy atom. The predicted molar refractivity (Wildman–Crippen MR) is 218 cm³/mol. The molecule has 8 heteroatoms.